The van der Waals surface area contributed by atoms with Gasteiger partial charge in [0.25, 0.3) is 0 Å². The molecule has 0 spiro atoms. The summed E-state index contributed by atoms with van der Waals surface area (Å²) in [6, 6.07) is 5.72. The van der Waals surface area contributed by atoms with E-state index in [9.17, 15) is 0 Å². The van der Waals surface area contributed by atoms with Gasteiger partial charge in [0, 0.05) is 13.2 Å². The number of thiocarbonyl (C=S) groups is 1. The lowest BCUT2D eigenvalue weighted by Crippen LogP contribution is -2.16. The minimum atomic E-state index is 0.354. The molecule has 2 nitrogen and oxygen atoms in total. The maximum Gasteiger partial charge on any atom is 0.159 e. The quantitative estimate of drug-likeness (QED) is 0.473. The second kappa shape index (κ2) is 3.69. The Hall–Kier alpha value is -0.610. The predicted octanol–water partition coefficient (Wildman–Crippen LogP) is 1.14. The smallest absolute Gasteiger partial charge is 0.159 e. The van der Waals surface area contributed by atoms with Crippen molar-refractivity contribution in [2.45, 2.75) is 0 Å². The molecule has 0 saturated heterocycles. The maximum absolute atomic E-state index is 4.72. The van der Waals surface area contributed by atoms with E-state index in [4.69, 9.17) is 12.2 Å². The van der Waals surface area contributed by atoms with Gasteiger partial charge in [-0.15, -0.1) is 12.6 Å². The van der Waals surface area contributed by atoms with Gasteiger partial charge in [-0.25, -0.2) is 4.99 Å². The van der Waals surface area contributed by atoms with Gasteiger partial charge in [0.15, 0.2) is 4.32 Å². The Morgan fingerprint density at radius 3 is 2.91 bits per heavy atom. The maximum atomic E-state index is 4.72. The van der Waals surface area contributed by atoms with Crippen molar-refractivity contribution in [1.29, 1.82) is 0 Å². The van der Waals surface area contributed by atoms with Gasteiger partial charge in [0.05, 0.1) is 0 Å². The molecule has 0 unspecified atom stereocenters. The molecule has 0 N–H and O–H groups in total. The van der Waals surface area contributed by atoms with Crippen LogP contribution in [0, 0.1) is 0 Å². The summed E-state index contributed by atoms with van der Waals surface area (Å²) in [4.78, 5) is 4.02. The largest absolute Gasteiger partial charge is 0.336 e. The highest BCUT2D eigenvalue weighted by Gasteiger charge is 1.84. The van der Waals surface area contributed by atoms with Crippen LogP contribution in [-0.4, -0.2) is 8.89 Å². The molecule has 0 fully saturated rings. The molecular formula is C7H8N2S2. The number of aromatic nitrogens is 1. The van der Waals surface area contributed by atoms with E-state index in [2.05, 4.69) is 17.6 Å². The van der Waals surface area contributed by atoms with Crippen molar-refractivity contribution in [1.82, 2.24) is 4.57 Å². The fraction of sp³-hybridized carbons (Fsp3) is 0.143. The third-order valence-corrected chi connectivity index (χ3v) is 1.43. The lowest BCUT2D eigenvalue weighted by Gasteiger charge is -1.95. The SMILES string of the molecule is Cn1cccc/c1=N/C(=S)S. The number of aryl methyl sites for hydroxylation is 1. The predicted molar refractivity (Wildman–Crippen MR) is 52.6 cm³/mol. The standard InChI is InChI=1S/C7H8N2S2/c1-9-5-3-2-4-6(9)8-7(10)11/h2-5H,1H3,(H,10,11)/b8-6-. The Bertz CT molecular complexity index is 327. The van der Waals surface area contributed by atoms with E-state index < -0.39 is 0 Å². The average molecular weight is 184 g/mol. The molecule has 0 aliphatic carbocycles. The molecule has 0 amide bonds. The molecule has 0 atom stereocenters. The van der Waals surface area contributed by atoms with Crippen LogP contribution >= 0.6 is 24.8 Å². The van der Waals surface area contributed by atoms with E-state index in [-0.39, 0.29) is 0 Å². The summed E-state index contributed by atoms with van der Waals surface area (Å²) in [5, 5.41) is 0. The summed E-state index contributed by atoms with van der Waals surface area (Å²) in [6.45, 7) is 0. The normalized spacial score (nSPS) is 11.6. The van der Waals surface area contributed by atoms with Gasteiger partial charge < -0.3 is 4.57 Å². The van der Waals surface area contributed by atoms with Crippen molar-refractivity contribution >= 4 is 29.2 Å². The molecule has 0 radical (unpaired) electrons. The molecule has 58 valence electrons. The van der Waals surface area contributed by atoms with Crippen molar-refractivity contribution in [2.75, 3.05) is 0 Å². The monoisotopic (exact) mass is 184 g/mol. The Kier molecular flexibility index (Phi) is 2.84. The van der Waals surface area contributed by atoms with Crippen molar-refractivity contribution in [3.8, 4) is 0 Å². The minimum Gasteiger partial charge on any atom is -0.336 e. The number of hydrogen-bond donors (Lipinski definition) is 1. The first-order valence-corrected chi connectivity index (χ1v) is 3.95. The van der Waals surface area contributed by atoms with Crippen LogP contribution in [-0.2, 0) is 7.05 Å². The van der Waals surface area contributed by atoms with Crippen LogP contribution in [0.3, 0.4) is 0 Å². The van der Waals surface area contributed by atoms with E-state index >= 15 is 0 Å². The second-order valence-electron chi connectivity index (χ2n) is 2.06. The molecule has 0 saturated carbocycles. The fourth-order valence-electron chi connectivity index (χ4n) is 0.728. The molecular weight excluding hydrogens is 176 g/mol. The van der Waals surface area contributed by atoms with Crippen molar-refractivity contribution in [3.05, 3.63) is 29.9 Å². The second-order valence-corrected chi connectivity index (χ2v) is 3.18. The average Bonchev–Trinajstić information content (AvgIpc) is 1.93. The summed E-state index contributed by atoms with van der Waals surface area (Å²) >= 11 is 8.63. The molecule has 0 aromatic carbocycles. The molecule has 4 heteroatoms. The van der Waals surface area contributed by atoms with E-state index in [1.54, 1.807) is 0 Å². The van der Waals surface area contributed by atoms with Gasteiger partial charge in [-0.05, 0) is 12.1 Å². The number of hydrogen-bond acceptors (Lipinski definition) is 1. The summed E-state index contributed by atoms with van der Waals surface area (Å²) in [7, 11) is 1.91. The number of nitrogens with zero attached hydrogens (tertiary/aromatic N) is 2. The zero-order valence-electron chi connectivity index (χ0n) is 6.06. The number of rotatable bonds is 0. The molecule has 1 heterocycles. The van der Waals surface area contributed by atoms with Gasteiger partial charge in [-0.1, -0.05) is 18.3 Å². The Labute approximate surface area is 76.0 Å². The fourth-order valence-corrected chi connectivity index (χ4v) is 0.924. The van der Waals surface area contributed by atoms with Crippen LogP contribution in [0.25, 0.3) is 0 Å². The van der Waals surface area contributed by atoms with E-state index in [1.807, 2.05) is 36.0 Å². The first-order chi connectivity index (χ1) is 5.20. The van der Waals surface area contributed by atoms with Gasteiger partial charge in [-0.2, -0.15) is 0 Å². The lowest BCUT2D eigenvalue weighted by molar-refractivity contribution is 0.840. The minimum absolute atomic E-state index is 0.354. The zero-order valence-corrected chi connectivity index (χ0v) is 7.77. The molecule has 11 heavy (non-hydrogen) atoms. The number of pyridine rings is 1. The van der Waals surface area contributed by atoms with E-state index in [0.29, 0.717) is 4.32 Å². The van der Waals surface area contributed by atoms with Crippen LogP contribution in [0.15, 0.2) is 29.4 Å². The van der Waals surface area contributed by atoms with Crippen LogP contribution in [0.4, 0.5) is 0 Å². The topological polar surface area (TPSA) is 17.3 Å². The van der Waals surface area contributed by atoms with E-state index in [0.717, 1.165) is 5.49 Å². The Morgan fingerprint density at radius 2 is 2.36 bits per heavy atom. The summed E-state index contributed by atoms with van der Waals surface area (Å²) in [5.41, 5.74) is 0.813. The van der Waals surface area contributed by atoms with E-state index in [1.165, 1.54) is 0 Å². The zero-order chi connectivity index (χ0) is 8.27. The van der Waals surface area contributed by atoms with Crippen LogP contribution in [0.1, 0.15) is 0 Å². The molecule has 0 aliphatic heterocycles. The van der Waals surface area contributed by atoms with Crippen molar-refractivity contribution in [2.24, 2.45) is 12.0 Å². The molecule has 1 aromatic heterocycles. The molecule has 1 aromatic rings. The highest BCUT2D eigenvalue weighted by atomic mass is 32.1. The summed E-state index contributed by atoms with van der Waals surface area (Å²) < 4.78 is 2.23. The molecule has 0 aliphatic rings. The molecule has 0 bridgehead atoms. The first kappa shape index (κ1) is 8.49. The number of thiol groups is 1. The highest BCUT2D eigenvalue weighted by Crippen LogP contribution is 1.83. The highest BCUT2D eigenvalue weighted by molar-refractivity contribution is 8.11. The van der Waals surface area contributed by atoms with Gasteiger partial charge in [0.2, 0.25) is 0 Å². The first-order valence-electron chi connectivity index (χ1n) is 3.09. The Morgan fingerprint density at radius 1 is 1.64 bits per heavy atom. The lowest BCUT2D eigenvalue weighted by atomic mass is 10.5. The van der Waals surface area contributed by atoms with Crippen LogP contribution < -0.4 is 5.49 Å². The van der Waals surface area contributed by atoms with Gasteiger partial charge in [-0.3, -0.25) is 0 Å². The third-order valence-electron chi connectivity index (χ3n) is 1.24. The van der Waals surface area contributed by atoms with Crippen LogP contribution in [0.2, 0.25) is 0 Å². The Balaban J connectivity index is 3.23. The van der Waals surface area contributed by atoms with Crippen LogP contribution in [0.5, 0.6) is 0 Å². The van der Waals surface area contributed by atoms with Gasteiger partial charge in [0.1, 0.15) is 5.49 Å². The summed E-state index contributed by atoms with van der Waals surface area (Å²) in [5.74, 6) is 0. The third kappa shape index (κ3) is 2.48. The van der Waals surface area contributed by atoms with Gasteiger partial charge >= 0.3 is 0 Å². The van der Waals surface area contributed by atoms with Crippen molar-refractivity contribution in [3.63, 3.8) is 0 Å². The van der Waals surface area contributed by atoms with Crippen molar-refractivity contribution < 1.29 is 0 Å². The molecule has 1 rings (SSSR count). The summed E-state index contributed by atoms with van der Waals surface area (Å²) in [6.07, 6.45) is 1.91.